The van der Waals surface area contributed by atoms with Gasteiger partial charge in [-0.2, -0.15) is 0 Å². The fourth-order valence-electron chi connectivity index (χ4n) is 2.46. The van der Waals surface area contributed by atoms with E-state index in [2.05, 4.69) is 0 Å². The van der Waals surface area contributed by atoms with Crippen molar-refractivity contribution in [2.24, 2.45) is 0 Å². The Bertz CT molecular complexity index is 297. The van der Waals surface area contributed by atoms with E-state index in [0.29, 0.717) is 5.06 Å². The molecule has 0 atom stereocenters. The molecule has 0 aromatic carbocycles. The van der Waals surface area contributed by atoms with Crippen LogP contribution < -0.4 is 5.06 Å². The molecule has 0 aliphatic rings. The van der Waals surface area contributed by atoms with Gasteiger partial charge in [-0.25, -0.2) is 0 Å². The van der Waals surface area contributed by atoms with Gasteiger partial charge < -0.3 is 41.1 Å². The third-order valence-corrected chi connectivity index (χ3v) is 4.19. The molecule has 0 saturated heterocycles. The van der Waals surface area contributed by atoms with Crippen molar-refractivity contribution in [3.8, 4) is 0 Å². The van der Waals surface area contributed by atoms with Crippen LogP contribution in [-0.2, 0) is 0 Å². The Morgan fingerprint density at radius 2 is 0.500 bits per heavy atom. The average molecular weight is 484 g/mol. The molecule has 0 saturated carbocycles. The summed E-state index contributed by atoms with van der Waals surface area (Å²) in [5, 5.41) is 46.7. The van der Waals surface area contributed by atoms with Gasteiger partial charge >= 0.3 is 20.2 Å². The van der Waals surface area contributed by atoms with E-state index in [-0.39, 0.29) is 68.6 Å². The van der Waals surface area contributed by atoms with Crippen LogP contribution in [0.1, 0.15) is 111 Å². The molecule has 0 heterocycles. The van der Waals surface area contributed by atoms with Gasteiger partial charge in [-0.1, -0.05) is 83.1 Å². The van der Waals surface area contributed by atoms with E-state index in [1.54, 1.807) is 0 Å². The summed E-state index contributed by atoms with van der Waals surface area (Å²) in [4.78, 5) is 0. The van der Waals surface area contributed by atoms with E-state index in [9.17, 15) is 20.8 Å². The number of hydrogen-bond donors (Lipinski definition) is 1. The molecule has 0 aromatic heterocycles. The Hall–Kier alpha value is 0.0177. The molecule has 0 rings (SSSR count). The standard InChI is InChI=1S/C6H15NO.3C6H14NO.2Be/c4*1-5(2)7(8)6(3)4;;/h5-7H,1-4H3;3*5-6H,1-4H3;;/q;3*-1;2*+2. The molecule has 0 bridgehead atoms. The second-order valence-corrected chi connectivity index (χ2v) is 10.4. The van der Waals surface area contributed by atoms with Crippen LogP contribution in [0.2, 0.25) is 0 Å². The van der Waals surface area contributed by atoms with Crippen LogP contribution >= 0.6 is 0 Å². The average Bonchev–Trinajstić information content (AvgIpc) is 2.65. The molecule has 0 amide bonds. The van der Waals surface area contributed by atoms with Crippen LogP contribution in [0, 0.1) is 20.8 Å². The molecule has 0 aromatic rings. The van der Waals surface area contributed by atoms with Gasteiger partial charge in [0, 0.05) is 0 Å². The predicted octanol–water partition coefficient (Wildman–Crippen LogP) is 4.23. The molecule has 0 spiro atoms. The van der Waals surface area contributed by atoms with E-state index in [1.807, 2.05) is 111 Å². The van der Waals surface area contributed by atoms with Crippen LogP contribution in [0.4, 0.5) is 0 Å². The maximum atomic E-state index is 10.8. The van der Waals surface area contributed by atoms with Crippen molar-refractivity contribution < 1.29 is 5.06 Å². The summed E-state index contributed by atoms with van der Waals surface area (Å²) in [7, 11) is 0. The number of quaternary nitrogens is 1. The van der Waals surface area contributed by atoms with Crippen molar-refractivity contribution in [2.45, 2.75) is 159 Å². The molecule has 0 aliphatic carbocycles. The Kier molecular flexibility index (Phi) is 36.3. The minimum absolute atomic E-state index is 0. The first-order valence-corrected chi connectivity index (χ1v) is 12.1. The van der Waals surface area contributed by atoms with Gasteiger partial charge in [-0.05, 0) is 63.9 Å². The molecule has 1 N–H and O–H groups in total. The quantitative estimate of drug-likeness (QED) is 0.406. The van der Waals surface area contributed by atoms with Crippen LogP contribution in [-0.4, -0.2) is 83.8 Å². The second-order valence-electron chi connectivity index (χ2n) is 10.4. The monoisotopic (exact) mass is 483 g/mol. The van der Waals surface area contributed by atoms with Gasteiger partial charge in [0.25, 0.3) is 0 Å². The first kappa shape index (κ1) is 47.2. The molecule has 0 radical (unpaired) electrons. The Balaban J connectivity index is -0.0000000754. The topological polar surface area (TPSA) is 106 Å². The van der Waals surface area contributed by atoms with Crippen LogP contribution in [0.15, 0.2) is 0 Å². The number of hydrogen-bond acceptors (Lipinski definition) is 7. The largest absolute Gasteiger partial charge is 2.00 e. The first-order chi connectivity index (χ1) is 14.2. The zero-order valence-electron chi connectivity index (χ0n) is 25.5. The van der Waals surface area contributed by atoms with E-state index >= 15 is 0 Å². The van der Waals surface area contributed by atoms with Gasteiger partial charge in [0.1, 0.15) is 0 Å². The van der Waals surface area contributed by atoms with Gasteiger partial charge in [-0.3, -0.25) is 0 Å². The predicted molar refractivity (Wildman–Crippen MR) is 153 cm³/mol. The number of rotatable bonds is 8. The Morgan fingerprint density at radius 3 is 0.500 bits per heavy atom. The van der Waals surface area contributed by atoms with Gasteiger partial charge in [0.2, 0.25) is 0 Å². The minimum Gasteiger partial charge on any atom is -0.785 e. The summed E-state index contributed by atoms with van der Waals surface area (Å²) in [6.07, 6.45) is 0. The molecule has 0 aliphatic heterocycles. The van der Waals surface area contributed by atoms with E-state index in [0.717, 1.165) is 15.2 Å². The number of nitrogens with one attached hydrogen (secondary N) is 1. The number of nitrogens with zero attached hydrogens (tertiary/aromatic N) is 3. The van der Waals surface area contributed by atoms with E-state index in [1.165, 1.54) is 0 Å². The summed E-state index contributed by atoms with van der Waals surface area (Å²) >= 11 is 0. The second kappa shape index (κ2) is 26.1. The Morgan fingerprint density at radius 1 is 0.382 bits per heavy atom. The Labute approximate surface area is 220 Å². The van der Waals surface area contributed by atoms with Crippen LogP contribution in [0.5, 0.6) is 0 Å². The van der Waals surface area contributed by atoms with Crippen molar-refractivity contribution in [3.63, 3.8) is 0 Å². The maximum absolute atomic E-state index is 10.8. The summed E-state index contributed by atoms with van der Waals surface area (Å²) < 4.78 is 0. The first-order valence-electron chi connectivity index (χ1n) is 12.1. The zero-order chi connectivity index (χ0) is 26.9. The minimum atomic E-state index is 0. The normalized spacial score (nSPS) is 11.3. The van der Waals surface area contributed by atoms with Gasteiger partial charge in [0.15, 0.2) is 0 Å². The third-order valence-electron chi connectivity index (χ3n) is 4.19. The van der Waals surface area contributed by atoms with Crippen molar-refractivity contribution in [1.29, 1.82) is 0 Å². The number of hydroxylamine groups is 8. The summed E-state index contributed by atoms with van der Waals surface area (Å²) in [6.45, 7) is 30.5. The van der Waals surface area contributed by atoms with Crippen molar-refractivity contribution in [2.75, 3.05) is 0 Å². The smallest absolute Gasteiger partial charge is 0.785 e. The fourth-order valence-corrected chi connectivity index (χ4v) is 2.46. The van der Waals surface area contributed by atoms with Crippen LogP contribution in [0.25, 0.3) is 0 Å². The van der Waals surface area contributed by atoms with E-state index < -0.39 is 0 Å². The van der Waals surface area contributed by atoms with Crippen molar-refractivity contribution >= 4 is 20.2 Å². The van der Waals surface area contributed by atoms with Crippen LogP contribution in [0.3, 0.4) is 0 Å². The van der Waals surface area contributed by atoms with E-state index in [4.69, 9.17) is 0 Å². The molecule has 8 nitrogen and oxygen atoms in total. The van der Waals surface area contributed by atoms with Crippen molar-refractivity contribution in [1.82, 2.24) is 15.2 Å². The molecule has 34 heavy (non-hydrogen) atoms. The van der Waals surface area contributed by atoms with Crippen molar-refractivity contribution in [3.05, 3.63) is 20.8 Å². The fraction of sp³-hybridized carbons (Fsp3) is 1.00. The summed E-state index contributed by atoms with van der Waals surface area (Å²) in [5.74, 6) is 0. The molecule has 0 unspecified atom stereocenters. The third kappa shape index (κ3) is 30.0. The molecular formula is C24H57Be2N4O4+. The molecule has 200 valence electrons. The maximum Gasteiger partial charge on any atom is 2.00 e. The molecule has 0 fully saturated rings. The van der Waals surface area contributed by atoms with Gasteiger partial charge in [0.05, 0.1) is 12.1 Å². The summed E-state index contributed by atoms with van der Waals surface area (Å²) in [5.41, 5.74) is 0. The zero-order valence-corrected chi connectivity index (χ0v) is 25.5. The SMILES string of the molecule is CC(C)N([O-])C(C)C.CC(C)N([O-])C(C)C.CC(C)N([O-])C(C)C.CC(C)[NH+]([O-])C(C)C.[Be+2].[Be+2]. The summed E-state index contributed by atoms with van der Waals surface area (Å²) in [6, 6.07) is 1.13. The van der Waals surface area contributed by atoms with Gasteiger partial charge in [-0.15, -0.1) is 0 Å². The molecule has 10 heteroatoms. The molecular weight excluding hydrogens is 426 g/mol.